The van der Waals surface area contributed by atoms with Gasteiger partial charge in [0.05, 0.1) is 4.88 Å². The molecule has 4 rings (SSSR count). The summed E-state index contributed by atoms with van der Waals surface area (Å²) in [5.41, 5.74) is 3.84. The Kier molecular flexibility index (Phi) is 6.98. The number of aryl methyl sites for hydroxylation is 1. The Morgan fingerprint density at radius 3 is 2.67 bits per heavy atom. The topological polar surface area (TPSA) is 67.0 Å². The molecule has 0 fully saturated rings. The highest BCUT2D eigenvalue weighted by Gasteiger charge is 2.30. The number of carbonyl (C=O) groups is 1. The van der Waals surface area contributed by atoms with Crippen LogP contribution < -0.4 is 10.1 Å². The second kappa shape index (κ2) is 10.1. The lowest BCUT2D eigenvalue weighted by Gasteiger charge is -2.09. The van der Waals surface area contributed by atoms with Gasteiger partial charge in [-0.05, 0) is 78.1 Å². The number of benzene rings is 1. The molecule has 0 aliphatic carbocycles. The molecule has 1 aromatic carbocycles. The molecule has 0 bridgehead atoms. The van der Waals surface area contributed by atoms with Crippen LogP contribution in [0, 0.1) is 0 Å². The van der Waals surface area contributed by atoms with Crippen LogP contribution in [0.15, 0.2) is 60.2 Å². The normalized spacial score (nSPS) is 11.6. The van der Waals surface area contributed by atoms with Crippen molar-refractivity contribution in [2.24, 2.45) is 0 Å². The number of rotatable bonds is 9. The maximum Gasteiger partial charge on any atom is 0.573 e. The first-order valence-corrected chi connectivity index (χ1v) is 11.4. The van der Waals surface area contributed by atoms with Crippen molar-refractivity contribution >= 4 is 28.3 Å². The lowest BCUT2D eigenvalue weighted by molar-refractivity contribution is -0.274. The zero-order valence-electron chi connectivity index (χ0n) is 17.6. The van der Waals surface area contributed by atoms with Gasteiger partial charge < -0.3 is 15.0 Å². The van der Waals surface area contributed by atoms with Crippen LogP contribution in [0.5, 0.6) is 5.75 Å². The Balaban J connectivity index is 1.24. The number of aromatic nitrogens is 2. The van der Waals surface area contributed by atoms with E-state index in [-0.39, 0.29) is 11.7 Å². The predicted molar refractivity (Wildman–Crippen MR) is 122 cm³/mol. The number of fused-ring (bicyclic) bond motifs is 1. The Morgan fingerprint density at radius 2 is 1.88 bits per heavy atom. The average Bonchev–Trinajstić information content (AvgIpc) is 3.43. The standard InChI is InChI=1S/C24H22F3N3O2S/c25-24(26,27)32-19-6-4-16(5-7-19)3-1-2-11-30-23(31)21-18(10-14-33-21)15-17-8-12-28-22-20(17)9-13-29-22/h4-10,12-14H,1-3,11,15H2,(H,28,29)(H,30,31). The second-order valence-electron chi connectivity index (χ2n) is 7.57. The fourth-order valence-electron chi connectivity index (χ4n) is 3.65. The molecule has 33 heavy (non-hydrogen) atoms. The van der Waals surface area contributed by atoms with Gasteiger partial charge in [0.2, 0.25) is 0 Å². The summed E-state index contributed by atoms with van der Waals surface area (Å²) in [5, 5.41) is 5.94. The molecule has 0 spiro atoms. The summed E-state index contributed by atoms with van der Waals surface area (Å²) >= 11 is 1.42. The molecule has 4 aromatic rings. The van der Waals surface area contributed by atoms with Crippen LogP contribution in [0.25, 0.3) is 11.0 Å². The van der Waals surface area contributed by atoms with Crippen LogP contribution in [0.2, 0.25) is 0 Å². The van der Waals surface area contributed by atoms with Crippen molar-refractivity contribution in [3.05, 3.63) is 81.8 Å². The van der Waals surface area contributed by atoms with Gasteiger partial charge in [-0.1, -0.05) is 12.1 Å². The number of amides is 1. The van der Waals surface area contributed by atoms with E-state index in [0.717, 1.165) is 40.6 Å². The maximum atomic E-state index is 12.7. The molecule has 0 aliphatic heterocycles. The molecule has 0 saturated carbocycles. The van der Waals surface area contributed by atoms with E-state index in [9.17, 15) is 18.0 Å². The summed E-state index contributed by atoms with van der Waals surface area (Å²) < 4.78 is 40.5. The number of aromatic amines is 1. The number of nitrogens with one attached hydrogen (secondary N) is 2. The van der Waals surface area contributed by atoms with Crippen molar-refractivity contribution in [1.82, 2.24) is 15.3 Å². The molecule has 9 heteroatoms. The molecule has 5 nitrogen and oxygen atoms in total. The van der Waals surface area contributed by atoms with Crippen molar-refractivity contribution in [3.63, 3.8) is 0 Å². The minimum Gasteiger partial charge on any atom is -0.406 e. The minimum atomic E-state index is -4.69. The van der Waals surface area contributed by atoms with Crippen LogP contribution in [0.3, 0.4) is 0 Å². The number of nitrogens with zero attached hydrogens (tertiary/aromatic N) is 1. The first-order valence-electron chi connectivity index (χ1n) is 10.5. The molecule has 0 unspecified atom stereocenters. The number of alkyl halides is 3. The van der Waals surface area contributed by atoms with Crippen LogP contribution in [-0.4, -0.2) is 28.8 Å². The SMILES string of the molecule is O=C(NCCCCc1ccc(OC(F)(F)F)cc1)c1sccc1Cc1ccnc2[nH]ccc12. The Hall–Kier alpha value is -3.33. The van der Waals surface area contributed by atoms with E-state index in [1.54, 1.807) is 18.3 Å². The zero-order valence-corrected chi connectivity index (χ0v) is 18.4. The van der Waals surface area contributed by atoms with Gasteiger partial charge in [0.1, 0.15) is 11.4 Å². The highest BCUT2D eigenvalue weighted by Crippen LogP contribution is 2.25. The first-order chi connectivity index (χ1) is 15.9. The predicted octanol–water partition coefficient (Wildman–Crippen LogP) is 5.87. The second-order valence-corrected chi connectivity index (χ2v) is 8.48. The van der Waals surface area contributed by atoms with Crippen LogP contribution in [-0.2, 0) is 12.8 Å². The third-order valence-electron chi connectivity index (χ3n) is 5.22. The summed E-state index contributed by atoms with van der Waals surface area (Å²) in [7, 11) is 0. The minimum absolute atomic E-state index is 0.0898. The number of carbonyl (C=O) groups excluding carboxylic acids is 1. The van der Waals surface area contributed by atoms with Crippen LogP contribution in [0.4, 0.5) is 13.2 Å². The van der Waals surface area contributed by atoms with Gasteiger partial charge in [-0.2, -0.15) is 0 Å². The lowest BCUT2D eigenvalue weighted by Crippen LogP contribution is -2.24. The largest absolute Gasteiger partial charge is 0.573 e. The Bertz CT molecular complexity index is 1220. The van der Waals surface area contributed by atoms with Crippen molar-refractivity contribution in [3.8, 4) is 5.75 Å². The molecule has 0 saturated heterocycles. The number of pyridine rings is 1. The van der Waals surface area contributed by atoms with Crippen molar-refractivity contribution in [2.75, 3.05) is 6.54 Å². The molecule has 172 valence electrons. The van der Waals surface area contributed by atoms with E-state index >= 15 is 0 Å². The number of halogens is 3. The van der Waals surface area contributed by atoms with E-state index in [4.69, 9.17) is 0 Å². The number of ether oxygens (including phenoxy) is 1. The van der Waals surface area contributed by atoms with Crippen molar-refractivity contribution in [2.45, 2.75) is 32.0 Å². The fourth-order valence-corrected chi connectivity index (χ4v) is 4.48. The van der Waals surface area contributed by atoms with Gasteiger partial charge in [0.25, 0.3) is 5.91 Å². The molecular formula is C24H22F3N3O2S. The highest BCUT2D eigenvalue weighted by molar-refractivity contribution is 7.12. The van der Waals surface area contributed by atoms with E-state index < -0.39 is 6.36 Å². The molecular weight excluding hydrogens is 451 g/mol. The number of unbranched alkanes of at least 4 members (excludes halogenated alkanes) is 1. The summed E-state index contributed by atoms with van der Waals surface area (Å²) in [4.78, 5) is 20.8. The van der Waals surface area contributed by atoms with E-state index in [2.05, 4.69) is 20.0 Å². The van der Waals surface area contributed by atoms with Gasteiger partial charge in [0, 0.05) is 24.3 Å². The quantitative estimate of drug-likeness (QED) is 0.299. The summed E-state index contributed by atoms with van der Waals surface area (Å²) in [5.74, 6) is -0.317. The molecule has 3 aromatic heterocycles. The monoisotopic (exact) mass is 473 g/mol. The third-order valence-corrected chi connectivity index (χ3v) is 6.17. The van der Waals surface area contributed by atoms with Crippen molar-refractivity contribution in [1.29, 1.82) is 0 Å². The van der Waals surface area contributed by atoms with Gasteiger partial charge in [0.15, 0.2) is 0 Å². The van der Waals surface area contributed by atoms with Gasteiger partial charge >= 0.3 is 6.36 Å². The molecule has 0 atom stereocenters. The summed E-state index contributed by atoms with van der Waals surface area (Å²) in [6.07, 6.45) is 1.86. The third kappa shape index (κ3) is 6.13. The maximum absolute atomic E-state index is 12.7. The van der Waals surface area contributed by atoms with Gasteiger partial charge in [-0.3, -0.25) is 4.79 Å². The summed E-state index contributed by atoms with van der Waals surface area (Å²) in [6, 6.07) is 11.8. The number of H-pyrrole nitrogens is 1. The van der Waals surface area contributed by atoms with Crippen LogP contribution >= 0.6 is 11.3 Å². The molecule has 3 heterocycles. The Morgan fingerprint density at radius 1 is 1.06 bits per heavy atom. The number of hydrogen-bond donors (Lipinski definition) is 2. The fraction of sp³-hybridized carbons (Fsp3) is 0.250. The molecule has 1 amide bonds. The number of hydrogen-bond acceptors (Lipinski definition) is 4. The van der Waals surface area contributed by atoms with Crippen molar-refractivity contribution < 1.29 is 22.7 Å². The van der Waals surface area contributed by atoms with Gasteiger partial charge in [-0.25, -0.2) is 4.98 Å². The summed E-state index contributed by atoms with van der Waals surface area (Å²) in [6.45, 7) is 0.531. The highest BCUT2D eigenvalue weighted by atomic mass is 32.1. The van der Waals surface area contributed by atoms with Gasteiger partial charge in [-0.15, -0.1) is 24.5 Å². The zero-order chi connectivity index (χ0) is 23.3. The smallest absolute Gasteiger partial charge is 0.406 e. The van der Waals surface area contributed by atoms with E-state index in [1.165, 1.54) is 23.5 Å². The van der Waals surface area contributed by atoms with E-state index in [1.807, 2.05) is 29.8 Å². The lowest BCUT2D eigenvalue weighted by atomic mass is 10.0. The van der Waals surface area contributed by atoms with E-state index in [0.29, 0.717) is 24.3 Å². The molecule has 2 N–H and O–H groups in total. The number of thiophene rings is 1. The average molecular weight is 474 g/mol. The first kappa shape index (κ1) is 22.8. The molecule has 0 radical (unpaired) electrons. The van der Waals surface area contributed by atoms with Crippen LogP contribution in [0.1, 0.15) is 39.2 Å². The molecule has 0 aliphatic rings. The Labute approximate surface area is 192 Å².